The molecule has 0 aromatic carbocycles. The van der Waals surface area contributed by atoms with E-state index < -0.39 is 18.0 Å². The Morgan fingerprint density at radius 3 is 2.58 bits per heavy atom. The molecular weight excluding hydrogens is 162 g/mol. The van der Waals surface area contributed by atoms with Crippen LogP contribution in [0.1, 0.15) is 6.42 Å². The van der Waals surface area contributed by atoms with Gasteiger partial charge in [0.25, 0.3) is 0 Å². The fourth-order valence-electron chi connectivity index (χ4n) is 0.453. The summed E-state index contributed by atoms with van der Waals surface area (Å²) in [4.78, 5) is 20.6. The topological polar surface area (TPSA) is 86.6 Å². The molecule has 1 amide bonds. The van der Waals surface area contributed by atoms with Crippen molar-refractivity contribution in [1.82, 2.24) is 5.32 Å². The van der Waals surface area contributed by atoms with Crippen molar-refractivity contribution in [2.75, 3.05) is 6.54 Å². The summed E-state index contributed by atoms with van der Waals surface area (Å²) in [5.41, 5.74) is 0. The van der Waals surface area contributed by atoms with Gasteiger partial charge in [-0.3, -0.25) is 4.79 Å². The van der Waals surface area contributed by atoms with E-state index in [1.54, 1.807) is 0 Å². The second-order valence-corrected chi connectivity index (χ2v) is 2.04. The zero-order valence-electron chi connectivity index (χ0n) is 6.28. The number of aliphatic hydroxyl groups excluding tert-OH is 1. The number of carbonyl (C=O) groups is 2. The van der Waals surface area contributed by atoms with Crippen molar-refractivity contribution in [2.24, 2.45) is 0 Å². The third-order valence-electron chi connectivity index (χ3n) is 1.04. The van der Waals surface area contributed by atoms with Crippen molar-refractivity contribution in [1.29, 1.82) is 0 Å². The molecule has 0 aliphatic heterocycles. The van der Waals surface area contributed by atoms with Crippen molar-refractivity contribution >= 4 is 11.9 Å². The Balaban J connectivity index is 3.63. The van der Waals surface area contributed by atoms with E-state index in [-0.39, 0.29) is 13.0 Å². The molecule has 0 radical (unpaired) electrons. The first-order valence-electron chi connectivity index (χ1n) is 3.19. The third kappa shape index (κ3) is 4.30. The van der Waals surface area contributed by atoms with Gasteiger partial charge in [-0.15, -0.1) is 6.42 Å². The van der Waals surface area contributed by atoms with E-state index >= 15 is 0 Å². The van der Waals surface area contributed by atoms with Gasteiger partial charge in [0.2, 0.25) is 5.91 Å². The van der Waals surface area contributed by atoms with Crippen LogP contribution in [0.5, 0.6) is 0 Å². The third-order valence-corrected chi connectivity index (χ3v) is 1.04. The highest BCUT2D eigenvalue weighted by Gasteiger charge is 2.13. The van der Waals surface area contributed by atoms with Crippen LogP contribution in [0.4, 0.5) is 0 Å². The van der Waals surface area contributed by atoms with Crippen LogP contribution in [-0.4, -0.2) is 34.7 Å². The number of rotatable bonds is 4. The molecule has 0 heterocycles. The molecule has 0 unspecified atom stereocenters. The molecule has 0 spiro atoms. The number of carboxylic acid groups (broad SMARTS) is 1. The quantitative estimate of drug-likeness (QED) is 0.453. The molecule has 0 aromatic rings. The number of amides is 1. The van der Waals surface area contributed by atoms with Crippen molar-refractivity contribution in [3.8, 4) is 12.3 Å². The number of carboxylic acids is 1. The van der Waals surface area contributed by atoms with Crippen LogP contribution >= 0.6 is 0 Å². The standard InChI is InChI=1S/C7H9NO4/c1-2-3-6(10)8-4-5(9)7(11)12/h1,5,9H,3-4H2,(H,8,10)(H,11,12)/t5-/m0/s1. The molecular formula is C7H9NO4. The lowest BCUT2D eigenvalue weighted by Crippen LogP contribution is -2.36. The van der Waals surface area contributed by atoms with Crippen molar-refractivity contribution in [3.05, 3.63) is 0 Å². The Bertz CT molecular complexity index is 218. The van der Waals surface area contributed by atoms with Gasteiger partial charge in [0.1, 0.15) is 0 Å². The zero-order chi connectivity index (χ0) is 9.56. The highest BCUT2D eigenvalue weighted by molar-refractivity contribution is 5.79. The second-order valence-electron chi connectivity index (χ2n) is 2.04. The van der Waals surface area contributed by atoms with E-state index in [9.17, 15) is 9.59 Å². The maximum atomic E-state index is 10.6. The molecule has 1 atom stereocenters. The summed E-state index contributed by atoms with van der Waals surface area (Å²) in [5, 5.41) is 19.0. The van der Waals surface area contributed by atoms with E-state index in [1.807, 2.05) is 0 Å². The summed E-state index contributed by atoms with van der Waals surface area (Å²) in [7, 11) is 0. The first-order valence-corrected chi connectivity index (χ1v) is 3.19. The first kappa shape index (κ1) is 10.5. The molecule has 0 bridgehead atoms. The minimum atomic E-state index is -1.58. The number of carbonyl (C=O) groups excluding carboxylic acids is 1. The average molecular weight is 171 g/mol. The largest absolute Gasteiger partial charge is 0.479 e. The number of hydrogen-bond acceptors (Lipinski definition) is 3. The van der Waals surface area contributed by atoms with Crippen LogP contribution in [0.25, 0.3) is 0 Å². The molecule has 0 fully saturated rings. The van der Waals surface area contributed by atoms with Gasteiger partial charge in [0, 0.05) is 0 Å². The van der Waals surface area contributed by atoms with Crippen LogP contribution < -0.4 is 5.32 Å². The summed E-state index contributed by atoms with van der Waals surface area (Å²) in [6, 6.07) is 0. The maximum Gasteiger partial charge on any atom is 0.334 e. The Kier molecular flexibility index (Phi) is 4.49. The van der Waals surface area contributed by atoms with E-state index in [0.717, 1.165) is 0 Å². The maximum absolute atomic E-state index is 10.6. The summed E-state index contributed by atoms with van der Waals surface area (Å²) in [5.74, 6) is 0.226. The lowest BCUT2D eigenvalue weighted by molar-refractivity contribution is -0.146. The van der Waals surface area contributed by atoms with E-state index in [0.29, 0.717) is 0 Å². The molecule has 5 heteroatoms. The minimum Gasteiger partial charge on any atom is -0.479 e. The predicted octanol–water partition coefficient (Wildman–Crippen LogP) is -1.43. The average Bonchev–Trinajstić information content (AvgIpc) is 2.00. The minimum absolute atomic E-state index is 0.119. The van der Waals surface area contributed by atoms with Gasteiger partial charge in [-0.2, -0.15) is 0 Å². The molecule has 0 saturated heterocycles. The molecule has 0 saturated carbocycles. The fourth-order valence-corrected chi connectivity index (χ4v) is 0.453. The van der Waals surface area contributed by atoms with Crippen LogP contribution in [0.15, 0.2) is 0 Å². The molecule has 5 nitrogen and oxygen atoms in total. The van der Waals surface area contributed by atoms with Crippen molar-refractivity contribution < 1.29 is 19.8 Å². The van der Waals surface area contributed by atoms with Gasteiger partial charge >= 0.3 is 5.97 Å². The predicted molar refractivity (Wildman–Crippen MR) is 40.1 cm³/mol. The Labute approximate surface area is 69.4 Å². The van der Waals surface area contributed by atoms with Gasteiger partial charge < -0.3 is 15.5 Å². The number of aliphatic carboxylic acids is 1. The summed E-state index contributed by atoms with van der Waals surface area (Å²) in [6.07, 6.45) is 3.11. The van der Waals surface area contributed by atoms with Gasteiger partial charge in [0.15, 0.2) is 6.10 Å². The summed E-state index contributed by atoms with van der Waals surface area (Å²) in [6.45, 7) is -0.324. The first-order chi connectivity index (χ1) is 5.57. The lowest BCUT2D eigenvalue weighted by atomic mass is 10.3. The Morgan fingerprint density at radius 2 is 2.17 bits per heavy atom. The number of aliphatic hydroxyl groups is 1. The monoisotopic (exact) mass is 171 g/mol. The number of terminal acetylenes is 1. The molecule has 3 N–H and O–H groups in total. The van der Waals surface area contributed by atoms with E-state index in [4.69, 9.17) is 16.6 Å². The zero-order valence-corrected chi connectivity index (χ0v) is 6.28. The molecule has 0 aliphatic carbocycles. The normalized spacial score (nSPS) is 11.3. The smallest absolute Gasteiger partial charge is 0.334 e. The lowest BCUT2D eigenvalue weighted by Gasteiger charge is -2.05. The summed E-state index contributed by atoms with van der Waals surface area (Å²) < 4.78 is 0. The van der Waals surface area contributed by atoms with Gasteiger partial charge in [-0.25, -0.2) is 4.79 Å². The van der Waals surface area contributed by atoms with Crippen LogP contribution in [0, 0.1) is 12.3 Å². The number of hydrogen-bond donors (Lipinski definition) is 3. The Hall–Kier alpha value is -1.54. The van der Waals surface area contributed by atoms with Crippen LogP contribution in [0.2, 0.25) is 0 Å². The molecule has 0 aliphatic rings. The molecule has 0 rings (SSSR count). The van der Waals surface area contributed by atoms with Gasteiger partial charge in [-0.1, -0.05) is 5.92 Å². The van der Waals surface area contributed by atoms with Crippen LogP contribution in [-0.2, 0) is 9.59 Å². The molecule has 0 aromatic heterocycles. The van der Waals surface area contributed by atoms with E-state index in [2.05, 4.69) is 11.2 Å². The van der Waals surface area contributed by atoms with E-state index in [1.165, 1.54) is 0 Å². The summed E-state index contributed by atoms with van der Waals surface area (Å²) >= 11 is 0. The Morgan fingerprint density at radius 1 is 1.58 bits per heavy atom. The van der Waals surface area contributed by atoms with Gasteiger partial charge in [-0.05, 0) is 0 Å². The molecule has 12 heavy (non-hydrogen) atoms. The van der Waals surface area contributed by atoms with Crippen LogP contribution in [0.3, 0.4) is 0 Å². The second kappa shape index (κ2) is 5.16. The van der Waals surface area contributed by atoms with Crippen molar-refractivity contribution in [3.63, 3.8) is 0 Å². The molecule has 66 valence electrons. The number of nitrogens with one attached hydrogen (secondary N) is 1. The van der Waals surface area contributed by atoms with Crippen molar-refractivity contribution in [2.45, 2.75) is 12.5 Å². The highest BCUT2D eigenvalue weighted by atomic mass is 16.4. The highest BCUT2D eigenvalue weighted by Crippen LogP contribution is 1.81. The SMILES string of the molecule is C#CCC(=O)NC[C@H](O)C(=O)O. The fraction of sp³-hybridized carbons (Fsp3) is 0.429. The van der Waals surface area contributed by atoms with Gasteiger partial charge in [0.05, 0.1) is 13.0 Å².